The topological polar surface area (TPSA) is 104 Å². The molecule has 1 aliphatic rings. The molecule has 2 heterocycles. The summed E-state index contributed by atoms with van der Waals surface area (Å²) < 4.78 is 5.53. The van der Waals surface area contributed by atoms with E-state index in [2.05, 4.69) is 52.1 Å². The smallest absolute Gasteiger partial charge is 0.251 e. The molecule has 4 aromatic rings. The first-order valence-electron chi connectivity index (χ1n) is 12.0. The van der Waals surface area contributed by atoms with Crippen LogP contribution in [0.15, 0.2) is 48.7 Å². The summed E-state index contributed by atoms with van der Waals surface area (Å²) in [5.41, 5.74) is 5.35. The van der Waals surface area contributed by atoms with Gasteiger partial charge in [-0.2, -0.15) is 9.97 Å². The molecule has 1 aliphatic carbocycles. The maximum absolute atomic E-state index is 12.0. The summed E-state index contributed by atoms with van der Waals surface area (Å²) in [4.78, 5) is 25.0. The summed E-state index contributed by atoms with van der Waals surface area (Å²) in [6, 6.07) is 14.1. The van der Waals surface area contributed by atoms with Gasteiger partial charge >= 0.3 is 0 Å². The molecule has 0 bridgehead atoms. The number of rotatable bonds is 7. The van der Waals surface area contributed by atoms with Crippen molar-refractivity contribution in [3.05, 3.63) is 59.8 Å². The van der Waals surface area contributed by atoms with Gasteiger partial charge in [0.05, 0.1) is 18.2 Å². The Morgan fingerprint density at radius 2 is 1.86 bits per heavy atom. The predicted octanol–water partition coefficient (Wildman–Crippen LogP) is 5.40. The maximum Gasteiger partial charge on any atom is 0.251 e. The van der Waals surface area contributed by atoms with Gasteiger partial charge < -0.3 is 25.7 Å². The molecule has 0 atom stereocenters. The lowest BCUT2D eigenvalue weighted by Crippen LogP contribution is -2.18. The lowest BCUT2D eigenvalue weighted by Gasteiger charge is -2.16. The summed E-state index contributed by atoms with van der Waals surface area (Å²) in [5.74, 6) is 1.61. The molecular formula is C27H30N6O2. The van der Waals surface area contributed by atoms with Gasteiger partial charge in [-0.1, -0.05) is 42.7 Å². The first-order valence-corrected chi connectivity index (χ1v) is 12.0. The number of ether oxygens (including phenoxy) is 1. The minimum Gasteiger partial charge on any atom is -0.495 e. The molecule has 0 aliphatic heterocycles. The number of hydrogen-bond acceptors (Lipinski definition) is 6. The number of nitrogens with one attached hydrogen (secondary N) is 4. The standard InChI is InChI=1S/C27H30N6O2/c1-16-8-10-17(11-9-16)20-15-29-24-23(20)25(30-19-6-4-5-7-19)33-27(32-24)31-21-13-12-18(26(34)28-2)14-22(21)35-3/h8-15,19H,4-7H2,1-3H3,(H,28,34)(H3,29,30,31,32,33). The van der Waals surface area contributed by atoms with Crippen LogP contribution < -0.4 is 20.7 Å². The van der Waals surface area contributed by atoms with Crippen LogP contribution in [0.4, 0.5) is 17.5 Å². The minimum atomic E-state index is -0.175. The summed E-state index contributed by atoms with van der Waals surface area (Å²) >= 11 is 0. The average molecular weight is 471 g/mol. The van der Waals surface area contributed by atoms with E-state index in [4.69, 9.17) is 14.7 Å². The Bertz CT molecular complexity index is 1360. The third-order valence-electron chi connectivity index (χ3n) is 6.53. The number of aryl methyl sites for hydroxylation is 1. The van der Waals surface area contributed by atoms with Gasteiger partial charge in [-0.05, 0) is 43.5 Å². The normalized spacial score (nSPS) is 13.7. The van der Waals surface area contributed by atoms with Gasteiger partial charge in [-0.25, -0.2) is 0 Å². The van der Waals surface area contributed by atoms with Crippen LogP contribution in [-0.4, -0.2) is 41.1 Å². The van der Waals surface area contributed by atoms with E-state index in [1.807, 2.05) is 6.20 Å². The van der Waals surface area contributed by atoms with Crippen molar-refractivity contribution in [3.63, 3.8) is 0 Å². The Kier molecular flexibility index (Phi) is 6.27. The molecule has 2 aromatic heterocycles. The van der Waals surface area contributed by atoms with Gasteiger partial charge in [0.2, 0.25) is 5.95 Å². The Hall–Kier alpha value is -4.07. The fourth-order valence-corrected chi connectivity index (χ4v) is 4.62. The van der Waals surface area contributed by atoms with E-state index < -0.39 is 0 Å². The van der Waals surface area contributed by atoms with Gasteiger partial charge in [-0.15, -0.1) is 0 Å². The minimum absolute atomic E-state index is 0.175. The van der Waals surface area contributed by atoms with Crippen molar-refractivity contribution in [2.75, 3.05) is 24.8 Å². The molecular weight excluding hydrogens is 440 g/mol. The quantitative estimate of drug-likeness (QED) is 0.288. The second kappa shape index (κ2) is 9.66. The van der Waals surface area contributed by atoms with Gasteiger partial charge in [0.15, 0.2) is 0 Å². The van der Waals surface area contributed by atoms with Gasteiger partial charge in [0.1, 0.15) is 17.2 Å². The maximum atomic E-state index is 12.0. The zero-order valence-corrected chi connectivity index (χ0v) is 20.2. The largest absolute Gasteiger partial charge is 0.495 e. The van der Waals surface area contributed by atoms with Crippen LogP contribution in [0.25, 0.3) is 22.2 Å². The lowest BCUT2D eigenvalue weighted by molar-refractivity contribution is 0.0963. The van der Waals surface area contributed by atoms with Crippen LogP contribution in [0.1, 0.15) is 41.6 Å². The Morgan fingerprint density at radius 1 is 1.09 bits per heavy atom. The van der Waals surface area contributed by atoms with Crippen LogP contribution in [-0.2, 0) is 0 Å². The molecule has 0 unspecified atom stereocenters. The van der Waals surface area contributed by atoms with E-state index in [-0.39, 0.29) is 5.91 Å². The number of anilines is 3. The number of fused-ring (bicyclic) bond motifs is 1. The second-order valence-corrected chi connectivity index (χ2v) is 8.93. The lowest BCUT2D eigenvalue weighted by atomic mass is 10.0. The molecule has 1 fully saturated rings. The highest BCUT2D eigenvalue weighted by atomic mass is 16.5. The number of H-pyrrole nitrogens is 1. The van der Waals surface area contributed by atoms with E-state index >= 15 is 0 Å². The van der Waals surface area contributed by atoms with Crippen LogP contribution in [0.2, 0.25) is 0 Å². The third-order valence-corrected chi connectivity index (χ3v) is 6.53. The van der Waals surface area contributed by atoms with E-state index in [0.717, 1.165) is 40.8 Å². The molecule has 180 valence electrons. The first-order chi connectivity index (χ1) is 17.1. The number of carbonyl (C=O) groups excluding carboxylic acids is 1. The molecule has 8 heteroatoms. The van der Waals surface area contributed by atoms with Crippen molar-refractivity contribution in [1.82, 2.24) is 20.3 Å². The second-order valence-electron chi connectivity index (χ2n) is 8.93. The molecule has 1 saturated carbocycles. The number of aromatic nitrogens is 3. The van der Waals surface area contributed by atoms with E-state index in [1.54, 1.807) is 32.4 Å². The number of nitrogens with zero attached hydrogens (tertiary/aromatic N) is 2. The predicted molar refractivity (Wildman–Crippen MR) is 140 cm³/mol. The van der Waals surface area contributed by atoms with Crippen LogP contribution in [0.3, 0.4) is 0 Å². The highest BCUT2D eigenvalue weighted by molar-refractivity contribution is 6.02. The molecule has 0 spiro atoms. The van der Waals surface area contributed by atoms with Crippen molar-refractivity contribution in [1.29, 1.82) is 0 Å². The zero-order chi connectivity index (χ0) is 24.4. The summed E-state index contributed by atoms with van der Waals surface area (Å²) in [7, 11) is 3.17. The summed E-state index contributed by atoms with van der Waals surface area (Å²) in [5, 5.41) is 10.6. The number of hydrogen-bond donors (Lipinski definition) is 4. The van der Waals surface area contributed by atoms with E-state index in [0.29, 0.717) is 29.0 Å². The molecule has 0 saturated heterocycles. The fraction of sp³-hybridized carbons (Fsp3) is 0.296. The molecule has 0 radical (unpaired) electrons. The SMILES string of the molecule is CNC(=O)c1ccc(Nc2nc(NC3CCCC3)c3c(-c4ccc(C)cc4)c[nH]c3n2)c(OC)c1. The van der Waals surface area contributed by atoms with Crippen LogP contribution in [0, 0.1) is 6.92 Å². The van der Waals surface area contributed by atoms with Crippen molar-refractivity contribution in [3.8, 4) is 16.9 Å². The van der Waals surface area contributed by atoms with Crippen LogP contribution in [0.5, 0.6) is 5.75 Å². The molecule has 4 N–H and O–H groups in total. The number of benzene rings is 2. The summed E-state index contributed by atoms with van der Waals surface area (Å²) in [6.07, 6.45) is 6.71. The van der Waals surface area contributed by atoms with Crippen LogP contribution >= 0.6 is 0 Å². The van der Waals surface area contributed by atoms with Gasteiger partial charge in [0.25, 0.3) is 5.91 Å². The molecule has 1 amide bonds. The Labute approximate surface area is 204 Å². The molecule has 5 rings (SSSR count). The Morgan fingerprint density at radius 3 is 2.57 bits per heavy atom. The molecule has 35 heavy (non-hydrogen) atoms. The monoisotopic (exact) mass is 470 g/mol. The van der Waals surface area contributed by atoms with Crippen molar-refractivity contribution >= 4 is 34.4 Å². The van der Waals surface area contributed by atoms with Crippen molar-refractivity contribution < 1.29 is 9.53 Å². The average Bonchev–Trinajstić information content (AvgIpc) is 3.54. The van der Waals surface area contributed by atoms with E-state index in [9.17, 15) is 4.79 Å². The number of carbonyl (C=O) groups is 1. The van der Waals surface area contributed by atoms with Gasteiger partial charge in [0, 0.05) is 30.4 Å². The number of methoxy groups -OCH3 is 1. The highest BCUT2D eigenvalue weighted by Crippen LogP contribution is 2.36. The number of amides is 1. The number of aromatic amines is 1. The van der Waals surface area contributed by atoms with Crippen molar-refractivity contribution in [2.24, 2.45) is 0 Å². The Balaban J connectivity index is 1.55. The third kappa shape index (κ3) is 4.64. The first kappa shape index (κ1) is 22.7. The fourth-order valence-electron chi connectivity index (χ4n) is 4.62. The van der Waals surface area contributed by atoms with E-state index in [1.165, 1.54) is 18.4 Å². The summed E-state index contributed by atoms with van der Waals surface area (Å²) in [6.45, 7) is 2.09. The highest BCUT2D eigenvalue weighted by Gasteiger charge is 2.21. The van der Waals surface area contributed by atoms with Gasteiger partial charge in [-0.3, -0.25) is 4.79 Å². The molecule has 8 nitrogen and oxygen atoms in total. The zero-order valence-electron chi connectivity index (χ0n) is 20.2. The molecule has 2 aromatic carbocycles. The van der Waals surface area contributed by atoms with Crippen molar-refractivity contribution in [2.45, 2.75) is 38.6 Å².